The van der Waals surface area contributed by atoms with Crippen LogP contribution < -0.4 is 10.6 Å². The van der Waals surface area contributed by atoms with E-state index in [4.69, 9.17) is 0 Å². The van der Waals surface area contributed by atoms with Crippen LogP contribution >= 0.6 is 0 Å². The Bertz CT molecular complexity index is 1160. The van der Waals surface area contributed by atoms with E-state index < -0.39 is 0 Å². The normalized spacial score (nSPS) is 18.7. The molecule has 8 nitrogen and oxygen atoms in total. The zero-order valence-electron chi connectivity index (χ0n) is 19.5. The highest BCUT2D eigenvalue weighted by molar-refractivity contribution is 6.05. The van der Waals surface area contributed by atoms with Crippen LogP contribution in [0.15, 0.2) is 54.6 Å². The Hall–Kier alpha value is -3.68. The van der Waals surface area contributed by atoms with E-state index in [1.54, 1.807) is 11.7 Å². The van der Waals surface area contributed by atoms with Crippen LogP contribution in [0.1, 0.15) is 47.7 Å². The molecule has 0 bridgehead atoms. The lowest BCUT2D eigenvalue weighted by molar-refractivity contribution is -0.123. The van der Waals surface area contributed by atoms with Gasteiger partial charge in [-0.1, -0.05) is 48.5 Å². The van der Waals surface area contributed by atoms with Crippen molar-refractivity contribution >= 4 is 28.6 Å². The molecular formula is C26H31N5O3. The van der Waals surface area contributed by atoms with E-state index in [1.807, 2.05) is 42.5 Å². The minimum Gasteiger partial charge on any atom is -0.356 e. The van der Waals surface area contributed by atoms with Gasteiger partial charge in [-0.15, -0.1) is 0 Å². The van der Waals surface area contributed by atoms with Gasteiger partial charge in [0.25, 0.3) is 5.91 Å². The molecule has 1 aliphatic rings. The molecular weight excluding hydrogens is 430 g/mol. The Morgan fingerprint density at radius 1 is 0.941 bits per heavy atom. The molecule has 34 heavy (non-hydrogen) atoms. The summed E-state index contributed by atoms with van der Waals surface area (Å²) in [6.07, 6.45) is 2.43. The Morgan fingerprint density at radius 3 is 2.50 bits per heavy atom. The molecule has 3 amide bonds. The topological polar surface area (TPSA) is 96.3 Å². The first-order valence-corrected chi connectivity index (χ1v) is 11.8. The van der Waals surface area contributed by atoms with Crippen LogP contribution in [0.3, 0.4) is 0 Å². The summed E-state index contributed by atoms with van der Waals surface area (Å²) in [7, 11) is 1.80. The maximum Gasteiger partial charge on any atom is 0.275 e. The van der Waals surface area contributed by atoms with Gasteiger partial charge in [-0.25, -0.2) is 0 Å². The minimum absolute atomic E-state index is 0.00984. The van der Waals surface area contributed by atoms with Crippen LogP contribution in [-0.2, 0) is 16.6 Å². The van der Waals surface area contributed by atoms with Gasteiger partial charge >= 0.3 is 0 Å². The quantitative estimate of drug-likeness (QED) is 0.613. The predicted molar refractivity (Wildman–Crippen MR) is 130 cm³/mol. The molecule has 1 fully saturated rings. The Balaban J connectivity index is 1.50. The molecule has 2 heterocycles. The molecule has 1 unspecified atom stereocenters. The number of aryl methyl sites for hydroxylation is 1. The van der Waals surface area contributed by atoms with Gasteiger partial charge in [-0.3, -0.25) is 19.1 Å². The Morgan fingerprint density at radius 2 is 1.68 bits per heavy atom. The van der Waals surface area contributed by atoms with E-state index >= 15 is 0 Å². The second-order valence-corrected chi connectivity index (χ2v) is 8.70. The van der Waals surface area contributed by atoms with Gasteiger partial charge < -0.3 is 15.5 Å². The summed E-state index contributed by atoms with van der Waals surface area (Å²) in [5.41, 5.74) is 2.35. The number of carbonyl (C=O) groups is 3. The molecule has 1 aromatic heterocycles. The van der Waals surface area contributed by atoms with E-state index in [-0.39, 0.29) is 30.2 Å². The molecule has 1 aliphatic heterocycles. The average molecular weight is 462 g/mol. The monoisotopic (exact) mass is 461 g/mol. The second-order valence-electron chi connectivity index (χ2n) is 8.70. The van der Waals surface area contributed by atoms with Crippen LogP contribution in [0, 0.1) is 0 Å². The Kier molecular flexibility index (Phi) is 7.57. The van der Waals surface area contributed by atoms with E-state index in [9.17, 15) is 14.4 Å². The molecule has 1 atom stereocenters. The first-order valence-electron chi connectivity index (χ1n) is 11.8. The number of nitrogens with one attached hydrogen (secondary N) is 2. The first-order chi connectivity index (χ1) is 16.5. The van der Waals surface area contributed by atoms with E-state index in [0.717, 1.165) is 29.3 Å². The smallest absolute Gasteiger partial charge is 0.275 e. The molecule has 0 aliphatic carbocycles. The fourth-order valence-electron chi connectivity index (χ4n) is 4.48. The lowest BCUT2D eigenvalue weighted by Gasteiger charge is -2.23. The van der Waals surface area contributed by atoms with Crippen molar-refractivity contribution in [2.45, 2.75) is 31.6 Å². The van der Waals surface area contributed by atoms with E-state index in [0.29, 0.717) is 38.2 Å². The van der Waals surface area contributed by atoms with Crippen LogP contribution in [0.25, 0.3) is 10.9 Å². The molecule has 0 saturated carbocycles. The number of fused-ring (bicyclic) bond motifs is 1. The second kappa shape index (κ2) is 11.0. The zero-order valence-corrected chi connectivity index (χ0v) is 19.5. The molecule has 1 saturated heterocycles. The molecule has 0 radical (unpaired) electrons. The minimum atomic E-state index is -0.285. The number of hydrogen-bond acceptors (Lipinski definition) is 4. The molecule has 2 N–H and O–H groups in total. The molecule has 2 aromatic carbocycles. The third-order valence-electron chi connectivity index (χ3n) is 6.31. The summed E-state index contributed by atoms with van der Waals surface area (Å²) in [4.78, 5) is 40.1. The molecule has 0 spiro atoms. The van der Waals surface area contributed by atoms with Gasteiger partial charge in [0.1, 0.15) is 0 Å². The highest BCUT2D eigenvalue weighted by Gasteiger charge is 2.24. The number of rotatable bonds is 2. The van der Waals surface area contributed by atoms with Crippen molar-refractivity contribution in [3.05, 3.63) is 65.9 Å². The number of carbonyl (C=O) groups excluding carboxylic acids is 3. The average Bonchev–Trinajstić information content (AvgIpc) is 3.19. The van der Waals surface area contributed by atoms with Crippen LogP contribution in [0.2, 0.25) is 0 Å². The summed E-state index contributed by atoms with van der Waals surface area (Å²) >= 11 is 0. The fourth-order valence-corrected chi connectivity index (χ4v) is 4.48. The predicted octanol–water partition coefficient (Wildman–Crippen LogP) is 2.61. The molecule has 8 heteroatoms. The van der Waals surface area contributed by atoms with E-state index in [1.165, 1.54) is 4.90 Å². The lowest BCUT2D eigenvalue weighted by Crippen LogP contribution is -2.42. The van der Waals surface area contributed by atoms with Gasteiger partial charge in [0.05, 0.1) is 12.1 Å². The maximum absolute atomic E-state index is 13.4. The molecule has 178 valence electrons. The van der Waals surface area contributed by atoms with Gasteiger partial charge in [-0.05, 0) is 36.8 Å². The number of para-hydroxylation sites is 1. The number of benzene rings is 2. The molecule has 3 aromatic rings. The largest absolute Gasteiger partial charge is 0.356 e. The van der Waals surface area contributed by atoms with Gasteiger partial charge in [0.2, 0.25) is 11.8 Å². The highest BCUT2D eigenvalue weighted by atomic mass is 16.2. The van der Waals surface area contributed by atoms with Crippen LogP contribution in [-0.4, -0.2) is 58.6 Å². The lowest BCUT2D eigenvalue weighted by atomic mass is 9.91. The van der Waals surface area contributed by atoms with Crippen molar-refractivity contribution in [1.29, 1.82) is 0 Å². The molecule has 4 rings (SSSR count). The standard InChI is InChI=1S/C26H31N5O3/c1-30-22-11-6-5-10-21(22)25(29-30)26(34)31-17-7-15-27-23(32)13-12-20(14-16-28-24(33)18-31)19-8-3-2-4-9-19/h2-6,8-11,20H,7,12-18H2,1H3,(H,27,32)(H,28,33). The van der Waals surface area contributed by atoms with Crippen molar-refractivity contribution in [3.8, 4) is 0 Å². The number of nitrogens with zero attached hydrogens (tertiary/aromatic N) is 3. The van der Waals surface area contributed by atoms with Gasteiger partial charge in [0, 0.05) is 38.5 Å². The zero-order chi connectivity index (χ0) is 23.9. The number of hydrogen-bond donors (Lipinski definition) is 2. The first kappa shape index (κ1) is 23.5. The SMILES string of the molecule is Cn1nc(C(=O)N2CCCNC(=O)CCC(c3ccccc3)CCNC(=O)C2)c2ccccc21. The summed E-state index contributed by atoms with van der Waals surface area (Å²) in [6, 6.07) is 17.6. The van der Waals surface area contributed by atoms with Crippen molar-refractivity contribution in [3.63, 3.8) is 0 Å². The Labute approximate surface area is 199 Å². The van der Waals surface area contributed by atoms with Gasteiger partial charge in [-0.2, -0.15) is 5.10 Å². The van der Waals surface area contributed by atoms with Gasteiger partial charge in [0.15, 0.2) is 5.69 Å². The third-order valence-corrected chi connectivity index (χ3v) is 6.31. The summed E-state index contributed by atoms with van der Waals surface area (Å²) < 4.78 is 1.68. The van der Waals surface area contributed by atoms with Crippen molar-refractivity contribution in [2.24, 2.45) is 7.05 Å². The van der Waals surface area contributed by atoms with Crippen molar-refractivity contribution < 1.29 is 14.4 Å². The fraction of sp³-hybridized carbons (Fsp3) is 0.385. The van der Waals surface area contributed by atoms with Crippen molar-refractivity contribution in [2.75, 3.05) is 26.2 Å². The summed E-state index contributed by atoms with van der Waals surface area (Å²) in [5, 5.41) is 11.1. The summed E-state index contributed by atoms with van der Waals surface area (Å²) in [5.74, 6) is -0.294. The highest BCUT2D eigenvalue weighted by Crippen LogP contribution is 2.24. The number of amides is 3. The number of aromatic nitrogens is 2. The maximum atomic E-state index is 13.4. The van der Waals surface area contributed by atoms with Crippen LogP contribution in [0.4, 0.5) is 0 Å². The van der Waals surface area contributed by atoms with Crippen LogP contribution in [0.5, 0.6) is 0 Å². The van der Waals surface area contributed by atoms with E-state index in [2.05, 4.69) is 27.9 Å². The summed E-state index contributed by atoms with van der Waals surface area (Å²) in [6.45, 7) is 1.23. The van der Waals surface area contributed by atoms with Crippen molar-refractivity contribution in [1.82, 2.24) is 25.3 Å². The third kappa shape index (κ3) is 5.62.